The SMILES string of the molecule is O=S(=O)(c1ccc(Cl)cc1)c1ncno1. The van der Waals surface area contributed by atoms with E-state index in [0.29, 0.717) is 5.02 Å². The fourth-order valence-electron chi connectivity index (χ4n) is 0.996. The Morgan fingerprint density at radius 2 is 1.87 bits per heavy atom. The Bertz CT molecular complexity index is 548. The lowest BCUT2D eigenvalue weighted by atomic mass is 10.4. The Hall–Kier alpha value is -1.40. The normalized spacial score (nSPS) is 11.5. The lowest BCUT2D eigenvalue weighted by molar-refractivity contribution is 0.329. The van der Waals surface area contributed by atoms with E-state index in [9.17, 15) is 8.42 Å². The summed E-state index contributed by atoms with van der Waals surface area (Å²) >= 11 is 5.64. The molecular weight excluding hydrogens is 240 g/mol. The van der Waals surface area contributed by atoms with Crippen LogP contribution in [-0.4, -0.2) is 18.6 Å². The van der Waals surface area contributed by atoms with Gasteiger partial charge >= 0.3 is 5.22 Å². The van der Waals surface area contributed by atoms with Crippen LogP contribution in [0.2, 0.25) is 5.02 Å². The summed E-state index contributed by atoms with van der Waals surface area (Å²) in [5.74, 6) is 0. The number of hydrogen-bond donors (Lipinski definition) is 0. The van der Waals surface area contributed by atoms with Crippen LogP contribution in [0.15, 0.2) is 45.2 Å². The molecule has 1 aromatic heterocycles. The standard InChI is InChI=1S/C8H5ClN2O3S/c9-6-1-3-7(4-2-6)15(12,13)8-10-5-11-14-8/h1-5H. The molecule has 2 aromatic rings. The maximum Gasteiger partial charge on any atom is 0.347 e. The quantitative estimate of drug-likeness (QED) is 0.802. The second-order valence-electron chi connectivity index (χ2n) is 2.66. The van der Waals surface area contributed by atoms with Crippen LogP contribution < -0.4 is 0 Å². The molecule has 2 rings (SSSR count). The summed E-state index contributed by atoms with van der Waals surface area (Å²) < 4.78 is 28.0. The third-order valence-corrected chi connectivity index (χ3v) is 3.48. The van der Waals surface area contributed by atoms with Crippen LogP contribution in [0.5, 0.6) is 0 Å². The predicted octanol–water partition coefficient (Wildman–Crippen LogP) is 1.56. The van der Waals surface area contributed by atoms with E-state index in [0.717, 1.165) is 6.33 Å². The van der Waals surface area contributed by atoms with Crippen LogP contribution in [0, 0.1) is 0 Å². The minimum atomic E-state index is -3.71. The Morgan fingerprint density at radius 1 is 1.20 bits per heavy atom. The van der Waals surface area contributed by atoms with Gasteiger partial charge in [0.1, 0.15) is 0 Å². The van der Waals surface area contributed by atoms with Gasteiger partial charge in [0, 0.05) is 5.02 Å². The zero-order valence-electron chi connectivity index (χ0n) is 7.29. The van der Waals surface area contributed by atoms with E-state index in [2.05, 4.69) is 14.7 Å². The molecule has 1 heterocycles. The van der Waals surface area contributed by atoms with E-state index in [1.54, 1.807) is 0 Å². The second kappa shape index (κ2) is 3.63. The van der Waals surface area contributed by atoms with Crippen molar-refractivity contribution in [1.29, 1.82) is 0 Å². The summed E-state index contributed by atoms with van der Waals surface area (Å²) in [6, 6.07) is 5.71. The van der Waals surface area contributed by atoms with E-state index in [4.69, 9.17) is 11.6 Å². The maximum absolute atomic E-state index is 11.8. The summed E-state index contributed by atoms with van der Waals surface area (Å²) in [6.07, 6.45) is 1.03. The molecule has 1 aromatic carbocycles. The van der Waals surface area contributed by atoms with Crippen LogP contribution in [0.3, 0.4) is 0 Å². The van der Waals surface area contributed by atoms with Crippen molar-refractivity contribution in [1.82, 2.24) is 10.1 Å². The summed E-state index contributed by atoms with van der Waals surface area (Å²) in [5, 5.41) is 3.27. The average Bonchev–Trinajstić information content (AvgIpc) is 2.71. The molecule has 0 aliphatic heterocycles. The van der Waals surface area contributed by atoms with Gasteiger partial charge in [-0.05, 0) is 24.3 Å². The molecule has 0 saturated carbocycles. The zero-order chi connectivity index (χ0) is 10.9. The minimum absolute atomic E-state index is 0.0659. The molecule has 0 aliphatic rings. The summed E-state index contributed by atoms with van der Waals surface area (Å²) in [4.78, 5) is 3.55. The Kier molecular flexibility index (Phi) is 2.45. The van der Waals surface area contributed by atoms with Crippen LogP contribution >= 0.6 is 11.6 Å². The molecule has 78 valence electrons. The second-order valence-corrected chi connectivity index (χ2v) is 4.93. The molecule has 15 heavy (non-hydrogen) atoms. The number of rotatable bonds is 2. The highest BCUT2D eigenvalue weighted by atomic mass is 35.5. The van der Waals surface area contributed by atoms with Gasteiger partial charge in [-0.1, -0.05) is 16.8 Å². The van der Waals surface area contributed by atoms with Gasteiger partial charge < -0.3 is 4.52 Å². The number of nitrogens with zero attached hydrogens (tertiary/aromatic N) is 2. The zero-order valence-corrected chi connectivity index (χ0v) is 8.86. The smallest absolute Gasteiger partial charge is 0.322 e. The van der Waals surface area contributed by atoms with Gasteiger partial charge in [0.15, 0.2) is 6.33 Å². The first kappa shape index (κ1) is 10.1. The molecule has 0 N–H and O–H groups in total. The number of aromatic nitrogens is 2. The summed E-state index contributed by atoms with van der Waals surface area (Å²) in [6.45, 7) is 0. The predicted molar refractivity (Wildman–Crippen MR) is 51.2 cm³/mol. The molecule has 0 fully saturated rings. The molecule has 7 heteroatoms. The largest absolute Gasteiger partial charge is 0.347 e. The number of hydrogen-bond acceptors (Lipinski definition) is 5. The van der Waals surface area contributed by atoms with Gasteiger partial charge in [0.25, 0.3) is 9.84 Å². The highest BCUT2D eigenvalue weighted by molar-refractivity contribution is 7.91. The third kappa shape index (κ3) is 1.86. The van der Waals surface area contributed by atoms with Crippen molar-refractivity contribution in [3.8, 4) is 0 Å². The minimum Gasteiger partial charge on any atom is -0.322 e. The van der Waals surface area contributed by atoms with E-state index in [1.807, 2.05) is 0 Å². The maximum atomic E-state index is 11.8. The molecule has 0 bridgehead atoms. The van der Waals surface area contributed by atoms with Crippen molar-refractivity contribution in [2.45, 2.75) is 10.1 Å². The first-order chi connectivity index (χ1) is 7.10. The molecule has 0 saturated heterocycles. The molecular formula is C8H5ClN2O3S. The van der Waals surface area contributed by atoms with Crippen molar-refractivity contribution in [3.63, 3.8) is 0 Å². The summed E-state index contributed by atoms with van der Waals surface area (Å²) in [7, 11) is -3.71. The third-order valence-electron chi connectivity index (χ3n) is 1.69. The van der Waals surface area contributed by atoms with E-state index >= 15 is 0 Å². The lowest BCUT2D eigenvalue weighted by Gasteiger charge is -1.98. The molecule has 0 spiro atoms. The molecule has 0 atom stereocenters. The topological polar surface area (TPSA) is 73.1 Å². The Labute approximate surface area is 90.6 Å². The summed E-state index contributed by atoms with van der Waals surface area (Å²) in [5.41, 5.74) is 0. The van der Waals surface area contributed by atoms with Gasteiger partial charge in [-0.2, -0.15) is 4.98 Å². The van der Waals surface area contributed by atoms with E-state index in [1.165, 1.54) is 24.3 Å². The van der Waals surface area contributed by atoms with Crippen molar-refractivity contribution in [2.75, 3.05) is 0 Å². The van der Waals surface area contributed by atoms with Gasteiger partial charge in [0.2, 0.25) is 0 Å². The molecule has 0 unspecified atom stereocenters. The monoisotopic (exact) mass is 244 g/mol. The fraction of sp³-hybridized carbons (Fsp3) is 0. The van der Waals surface area contributed by atoms with E-state index in [-0.39, 0.29) is 4.90 Å². The first-order valence-corrected chi connectivity index (χ1v) is 5.74. The van der Waals surface area contributed by atoms with Crippen molar-refractivity contribution < 1.29 is 12.9 Å². The van der Waals surface area contributed by atoms with Gasteiger partial charge in [-0.15, -0.1) is 0 Å². The highest BCUT2D eigenvalue weighted by Gasteiger charge is 2.23. The lowest BCUT2D eigenvalue weighted by Crippen LogP contribution is -2.01. The van der Waals surface area contributed by atoms with Gasteiger partial charge in [-0.25, -0.2) is 8.42 Å². The molecule has 0 aliphatic carbocycles. The van der Waals surface area contributed by atoms with E-state index < -0.39 is 15.1 Å². The molecule has 5 nitrogen and oxygen atoms in total. The molecule has 0 amide bonds. The van der Waals surface area contributed by atoms with Gasteiger partial charge in [-0.3, -0.25) is 0 Å². The molecule has 0 radical (unpaired) electrons. The van der Waals surface area contributed by atoms with Gasteiger partial charge in [0.05, 0.1) is 4.90 Å². The van der Waals surface area contributed by atoms with Crippen molar-refractivity contribution in [3.05, 3.63) is 35.6 Å². The van der Waals surface area contributed by atoms with Crippen LogP contribution in [0.1, 0.15) is 0 Å². The number of halogens is 1. The van der Waals surface area contributed by atoms with Crippen LogP contribution in [0.4, 0.5) is 0 Å². The van der Waals surface area contributed by atoms with Crippen LogP contribution in [-0.2, 0) is 9.84 Å². The number of benzene rings is 1. The number of sulfone groups is 1. The van der Waals surface area contributed by atoms with Crippen LogP contribution in [0.25, 0.3) is 0 Å². The van der Waals surface area contributed by atoms with Crippen molar-refractivity contribution in [2.24, 2.45) is 0 Å². The Morgan fingerprint density at radius 3 is 2.40 bits per heavy atom. The first-order valence-electron chi connectivity index (χ1n) is 3.88. The average molecular weight is 245 g/mol. The Balaban J connectivity index is 2.52. The fourth-order valence-corrected chi connectivity index (χ4v) is 2.15. The van der Waals surface area contributed by atoms with Crippen molar-refractivity contribution >= 4 is 21.4 Å². The highest BCUT2D eigenvalue weighted by Crippen LogP contribution is 2.20.